The quantitative estimate of drug-likeness (QED) is 0.586. The Bertz CT molecular complexity index is 1010. The van der Waals surface area contributed by atoms with E-state index in [0.717, 1.165) is 6.07 Å². The third-order valence-corrected chi connectivity index (χ3v) is 4.85. The highest BCUT2D eigenvalue weighted by Crippen LogP contribution is 2.38. The van der Waals surface area contributed by atoms with Crippen molar-refractivity contribution in [3.05, 3.63) is 59.9 Å². The molecule has 1 aliphatic heterocycles. The highest BCUT2D eigenvalue weighted by atomic mass is 19.4. The molecule has 27 heavy (non-hydrogen) atoms. The van der Waals surface area contributed by atoms with Gasteiger partial charge in [-0.05, 0) is 46.9 Å². The Hall–Kier alpha value is -2.76. The van der Waals surface area contributed by atoms with Gasteiger partial charge < -0.3 is 9.32 Å². The molecular formula is C21H18F3NO2. The van der Waals surface area contributed by atoms with Gasteiger partial charge in [-0.15, -0.1) is 0 Å². The molecule has 1 fully saturated rings. The zero-order valence-electron chi connectivity index (χ0n) is 14.9. The van der Waals surface area contributed by atoms with Crippen molar-refractivity contribution in [1.29, 1.82) is 0 Å². The first-order valence-electron chi connectivity index (χ1n) is 8.62. The lowest BCUT2D eigenvalue weighted by Crippen LogP contribution is -2.55. The van der Waals surface area contributed by atoms with Crippen molar-refractivity contribution in [2.24, 2.45) is 5.41 Å². The van der Waals surface area contributed by atoms with Crippen LogP contribution < -0.4 is 0 Å². The molecule has 140 valence electrons. The Balaban J connectivity index is 1.65. The van der Waals surface area contributed by atoms with Crippen molar-refractivity contribution in [2.75, 3.05) is 13.1 Å². The zero-order chi connectivity index (χ0) is 19.4. The van der Waals surface area contributed by atoms with Crippen LogP contribution in [-0.2, 0) is 6.18 Å². The molecule has 0 N–H and O–H groups in total. The number of benzene rings is 2. The highest BCUT2D eigenvalue weighted by Gasteiger charge is 2.37. The summed E-state index contributed by atoms with van der Waals surface area (Å²) in [5, 5.41) is 0.391. The molecule has 1 saturated heterocycles. The fraction of sp³-hybridized carbons (Fsp3) is 0.286. The van der Waals surface area contributed by atoms with Gasteiger partial charge in [0.25, 0.3) is 5.91 Å². The number of furan rings is 1. The van der Waals surface area contributed by atoms with Crippen LogP contribution in [0.4, 0.5) is 13.2 Å². The maximum absolute atomic E-state index is 13.3. The molecule has 1 amide bonds. The standard InChI is InChI=1S/C21H18F3NO2/c1-20(2)11-25(12-20)19(26)14-5-3-13(4-6-14)16-9-15-7-8-27-18(15)17(10-16)21(22,23)24/h3-10H,11-12H2,1-2H3. The number of nitrogens with zero attached hydrogens (tertiary/aromatic N) is 1. The summed E-state index contributed by atoms with van der Waals surface area (Å²) in [6, 6.07) is 10.9. The van der Waals surface area contributed by atoms with Crippen molar-refractivity contribution in [2.45, 2.75) is 20.0 Å². The average molecular weight is 373 g/mol. The second kappa shape index (κ2) is 5.87. The van der Waals surface area contributed by atoms with Crippen molar-refractivity contribution < 1.29 is 22.4 Å². The van der Waals surface area contributed by atoms with Crippen LogP contribution in [0.2, 0.25) is 0 Å². The molecule has 3 nitrogen and oxygen atoms in total. The molecule has 3 aromatic rings. The number of amides is 1. The van der Waals surface area contributed by atoms with Gasteiger partial charge in [-0.25, -0.2) is 0 Å². The smallest absolute Gasteiger partial charge is 0.420 e. The first kappa shape index (κ1) is 17.6. The van der Waals surface area contributed by atoms with Gasteiger partial charge in [-0.1, -0.05) is 26.0 Å². The molecule has 2 heterocycles. The Labute approximate surface area is 154 Å². The lowest BCUT2D eigenvalue weighted by atomic mass is 9.84. The van der Waals surface area contributed by atoms with Crippen LogP contribution in [0.1, 0.15) is 29.8 Å². The number of rotatable bonds is 2. The molecule has 0 unspecified atom stereocenters. The highest BCUT2D eigenvalue weighted by molar-refractivity contribution is 5.95. The number of alkyl halides is 3. The Morgan fingerprint density at radius 3 is 2.30 bits per heavy atom. The molecule has 0 saturated carbocycles. The number of halogens is 3. The van der Waals surface area contributed by atoms with Gasteiger partial charge in [0.2, 0.25) is 0 Å². The maximum Gasteiger partial charge on any atom is 0.420 e. The first-order chi connectivity index (χ1) is 12.6. The Morgan fingerprint density at radius 2 is 1.70 bits per heavy atom. The van der Waals surface area contributed by atoms with E-state index in [0.29, 0.717) is 35.2 Å². The van der Waals surface area contributed by atoms with E-state index in [1.54, 1.807) is 35.2 Å². The molecule has 0 radical (unpaired) electrons. The van der Waals surface area contributed by atoms with Gasteiger partial charge in [0.15, 0.2) is 0 Å². The van der Waals surface area contributed by atoms with E-state index in [9.17, 15) is 18.0 Å². The van der Waals surface area contributed by atoms with E-state index in [2.05, 4.69) is 13.8 Å². The average Bonchev–Trinajstić information content (AvgIpc) is 3.05. The largest absolute Gasteiger partial charge is 0.464 e. The van der Waals surface area contributed by atoms with E-state index in [1.165, 1.54) is 12.3 Å². The van der Waals surface area contributed by atoms with E-state index in [4.69, 9.17) is 4.42 Å². The molecule has 0 bridgehead atoms. The summed E-state index contributed by atoms with van der Waals surface area (Å²) < 4.78 is 45.1. The van der Waals surface area contributed by atoms with Crippen molar-refractivity contribution in [3.8, 4) is 11.1 Å². The molecule has 0 atom stereocenters. The van der Waals surface area contributed by atoms with E-state index >= 15 is 0 Å². The van der Waals surface area contributed by atoms with Gasteiger partial charge in [-0.2, -0.15) is 13.2 Å². The Kier molecular flexibility index (Phi) is 3.84. The lowest BCUT2D eigenvalue weighted by Gasteiger charge is -2.45. The second-order valence-electron chi connectivity index (χ2n) is 7.76. The van der Waals surface area contributed by atoms with Gasteiger partial charge >= 0.3 is 6.18 Å². The first-order valence-corrected chi connectivity index (χ1v) is 8.62. The van der Waals surface area contributed by atoms with Gasteiger partial charge in [0.05, 0.1) is 11.8 Å². The third kappa shape index (κ3) is 3.20. The third-order valence-electron chi connectivity index (χ3n) is 4.85. The number of fused-ring (bicyclic) bond motifs is 1. The van der Waals surface area contributed by atoms with Crippen LogP contribution in [0.5, 0.6) is 0 Å². The number of carbonyl (C=O) groups excluding carboxylic acids is 1. The zero-order valence-corrected chi connectivity index (χ0v) is 14.9. The van der Waals surface area contributed by atoms with Crippen molar-refractivity contribution in [1.82, 2.24) is 4.90 Å². The van der Waals surface area contributed by atoms with Gasteiger partial charge in [0, 0.05) is 24.0 Å². The normalized spacial score (nSPS) is 16.4. The summed E-state index contributed by atoms with van der Waals surface area (Å²) in [7, 11) is 0. The molecule has 0 spiro atoms. The predicted molar refractivity (Wildman–Crippen MR) is 96.3 cm³/mol. The van der Waals surface area contributed by atoms with E-state index < -0.39 is 11.7 Å². The van der Waals surface area contributed by atoms with Crippen LogP contribution in [0, 0.1) is 5.41 Å². The fourth-order valence-electron chi connectivity index (χ4n) is 3.58. The molecule has 6 heteroatoms. The molecule has 1 aromatic heterocycles. The van der Waals surface area contributed by atoms with Gasteiger partial charge in [0.1, 0.15) is 5.58 Å². The number of hydrogen-bond acceptors (Lipinski definition) is 2. The number of likely N-dealkylation sites (tertiary alicyclic amines) is 1. The second-order valence-corrected chi connectivity index (χ2v) is 7.76. The summed E-state index contributed by atoms with van der Waals surface area (Å²) >= 11 is 0. The van der Waals surface area contributed by atoms with Crippen molar-refractivity contribution in [3.63, 3.8) is 0 Å². The van der Waals surface area contributed by atoms with Crippen LogP contribution in [-0.4, -0.2) is 23.9 Å². The van der Waals surface area contributed by atoms with E-state index in [-0.39, 0.29) is 16.9 Å². The number of carbonyl (C=O) groups is 1. The maximum atomic E-state index is 13.3. The SMILES string of the molecule is CC1(C)CN(C(=O)c2ccc(-c3cc(C(F)(F)F)c4occc4c3)cc2)C1. The molecule has 2 aromatic carbocycles. The van der Waals surface area contributed by atoms with E-state index in [1.807, 2.05) is 0 Å². The summed E-state index contributed by atoms with van der Waals surface area (Å²) in [4.78, 5) is 14.2. The van der Waals surface area contributed by atoms with Crippen LogP contribution >= 0.6 is 0 Å². The van der Waals surface area contributed by atoms with Crippen LogP contribution in [0.15, 0.2) is 53.1 Å². The minimum atomic E-state index is -4.51. The molecule has 1 aliphatic rings. The number of hydrogen-bond donors (Lipinski definition) is 0. The summed E-state index contributed by atoms with van der Waals surface area (Å²) in [6.07, 6.45) is -3.26. The van der Waals surface area contributed by atoms with Crippen LogP contribution in [0.3, 0.4) is 0 Å². The lowest BCUT2D eigenvalue weighted by molar-refractivity contribution is -0.136. The molecular weight excluding hydrogens is 355 g/mol. The molecule has 0 aliphatic carbocycles. The fourth-order valence-corrected chi connectivity index (χ4v) is 3.58. The van der Waals surface area contributed by atoms with Gasteiger partial charge in [-0.3, -0.25) is 4.79 Å². The predicted octanol–water partition coefficient (Wildman–Crippen LogP) is 5.60. The Morgan fingerprint density at radius 1 is 1.04 bits per heavy atom. The topological polar surface area (TPSA) is 33.5 Å². The van der Waals surface area contributed by atoms with Crippen LogP contribution in [0.25, 0.3) is 22.1 Å². The summed E-state index contributed by atoms with van der Waals surface area (Å²) in [5.74, 6) is -0.0536. The monoisotopic (exact) mass is 373 g/mol. The van der Waals surface area contributed by atoms with Crippen molar-refractivity contribution >= 4 is 16.9 Å². The minimum absolute atomic E-state index is 0.0536. The summed E-state index contributed by atoms with van der Waals surface area (Å²) in [5.41, 5.74) is 0.754. The minimum Gasteiger partial charge on any atom is -0.464 e. The molecule has 4 rings (SSSR count). The summed E-state index contributed by atoms with van der Waals surface area (Å²) in [6.45, 7) is 5.62.